The largest absolute Gasteiger partial charge is 0.399 e. The molecule has 0 bridgehead atoms. The Bertz CT molecular complexity index is 453. The van der Waals surface area contributed by atoms with Crippen LogP contribution in [0.25, 0.3) is 0 Å². The van der Waals surface area contributed by atoms with E-state index in [-0.39, 0.29) is 0 Å². The van der Waals surface area contributed by atoms with Crippen LogP contribution < -0.4 is 16.8 Å². The summed E-state index contributed by atoms with van der Waals surface area (Å²) >= 11 is 0. The quantitative estimate of drug-likeness (QED) is 0.729. The summed E-state index contributed by atoms with van der Waals surface area (Å²) in [5.41, 5.74) is 12.9. The molecule has 1 aliphatic rings. The van der Waals surface area contributed by atoms with Crippen molar-refractivity contribution in [2.75, 3.05) is 11.1 Å². The minimum absolute atomic E-state index is 0.349. The van der Waals surface area contributed by atoms with Crippen LogP contribution in [0.15, 0.2) is 18.2 Å². The van der Waals surface area contributed by atoms with Crippen molar-refractivity contribution >= 4 is 17.3 Å². The zero-order chi connectivity index (χ0) is 13.8. The Morgan fingerprint density at radius 2 is 2.00 bits per heavy atom. The first-order valence-corrected chi connectivity index (χ1v) is 7.04. The molecule has 19 heavy (non-hydrogen) atoms. The molecule has 104 valence electrons. The Hall–Kier alpha value is -1.71. The van der Waals surface area contributed by atoms with Gasteiger partial charge in [0.15, 0.2) is 0 Å². The first kappa shape index (κ1) is 13.7. The van der Waals surface area contributed by atoms with Crippen molar-refractivity contribution in [3.05, 3.63) is 23.8 Å². The van der Waals surface area contributed by atoms with Crippen LogP contribution in [0.5, 0.6) is 0 Å². The number of carbonyl (C=O) groups excluding carboxylic acids is 1. The lowest BCUT2D eigenvalue weighted by Gasteiger charge is -2.29. The van der Waals surface area contributed by atoms with Crippen molar-refractivity contribution in [2.45, 2.75) is 45.1 Å². The van der Waals surface area contributed by atoms with E-state index < -0.39 is 5.91 Å². The molecule has 1 amide bonds. The number of amides is 1. The third-order valence-electron chi connectivity index (χ3n) is 4.05. The van der Waals surface area contributed by atoms with Crippen molar-refractivity contribution in [1.29, 1.82) is 0 Å². The number of rotatable bonds is 4. The lowest BCUT2D eigenvalue weighted by atomic mass is 9.84. The molecule has 1 fully saturated rings. The van der Waals surface area contributed by atoms with Crippen LogP contribution in [0.2, 0.25) is 0 Å². The Morgan fingerprint density at radius 1 is 1.32 bits per heavy atom. The molecular weight excluding hydrogens is 238 g/mol. The van der Waals surface area contributed by atoms with Gasteiger partial charge in [0, 0.05) is 17.4 Å². The monoisotopic (exact) mass is 261 g/mol. The van der Waals surface area contributed by atoms with Crippen LogP contribution in [0.4, 0.5) is 11.4 Å². The SMILES string of the molecule is CC(Nc1ccc(N)cc1C(N)=O)C1CCCCC1. The minimum Gasteiger partial charge on any atom is -0.399 e. The van der Waals surface area contributed by atoms with Gasteiger partial charge in [0.1, 0.15) is 0 Å². The van der Waals surface area contributed by atoms with Gasteiger partial charge >= 0.3 is 0 Å². The zero-order valence-corrected chi connectivity index (χ0v) is 11.5. The number of nitrogen functional groups attached to an aromatic ring is 1. The topological polar surface area (TPSA) is 81.1 Å². The highest BCUT2D eigenvalue weighted by atomic mass is 16.1. The van der Waals surface area contributed by atoms with Crippen molar-refractivity contribution in [1.82, 2.24) is 0 Å². The van der Waals surface area contributed by atoms with E-state index in [2.05, 4.69) is 12.2 Å². The molecular formula is C15H23N3O. The third kappa shape index (κ3) is 3.40. The van der Waals surface area contributed by atoms with Gasteiger partial charge in [-0.3, -0.25) is 4.79 Å². The van der Waals surface area contributed by atoms with E-state index in [0.29, 0.717) is 23.2 Å². The van der Waals surface area contributed by atoms with Crippen LogP contribution in [0.3, 0.4) is 0 Å². The van der Waals surface area contributed by atoms with Gasteiger partial charge in [0.2, 0.25) is 0 Å². The second-order valence-electron chi connectivity index (χ2n) is 5.50. The molecule has 0 aliphatic heterocycles. The minimum atomic E-state index is -0.439. The Labute approximate surface area is 114 Å². The molecule has 1 unspecified atom stereocenters. The lowest BCUT2D eigenvalue weighted by molar-refractivity contribution is 0.100. The number of benzene rings is 1. The molecule has 0 saturated heterocycles. The van der Waals surface area contributed by atoms with E-state index >= 15 is 0 Å². The van der Waals surface area contributed by atoms with Crippen LogP contribution >= 0.6 is 0 Å². The number of hydrogen-bond acceptors (Lipinski definition) is 3. The molecule has 5 N–H and O–H groups in total. The summed E-state index contributed by atoms with van der Waals surface area (Å²) in [6, 6.07) is 5.62. The predicted molar refractivity (Wildman–Crippen MR) is 79.0 cm³/mol. The second kappa shape index (κ2) is 5.95. The van der Waals surface area contributed by atoms with Gasteiger partial charge < -0.3 is 16.8 Å². The summed E-state index contributed by atoms with van der Waals surface area (Å²) in [5, 5.41) is 3.43. The number of carbonyl (C=O) groups is 1. The van der Waals surface area contributed by atoms with Gasteiger partial charge in [-0.2, -0.15) is 0 Å². The second-order valence-corrected chi connectivity index (χ2v) is 5.50. The molecule has 0 heterocycles. The number of hydrogen-bond donors (Lipinski definition) is 3. The van der Waals surface area contributed by atoms with E-state index in [1.165, 1.54) is 32.1 Å². The first-order valence-electron chi connectivity index (χ1n) is 7.04. The normalized spacial score (nSPS) is 17.9. The summed E-state index contributed by atoms with van der Waals surface area (Å²) in [7, 11) is 0. The van der Waals surface area contributed by atoms with Crippen LogP contribution in [0, 0.1) is 5.92 Å². The smallest absolute Gasteiger partial charge is 0.250 e. The number of nitrogens with two attached hydrogens (primary N) is 2. The molecule has 4 nitrogen and oxygen atoms in total. The highest BCUT2D eigenvalue weighted by molar-refractivity contribution is 5.99. The molecule has 0 radical (unpaired) electrons. The summed E-state index contributed by atoms with van der Waals surface area (Å²) < 4.78 is 0. The van der Waals surface area contributed by atoms with Gasteiger partial charge in [-0.05, 0) is 43.9 Å². The Kier molecular flexibility index (Phi) is 4.30. The molecule has 4 heteroatoms. The maximum absolute atomic E-state index is 11.5. The molecule has 1 aliphatic carbocycles. The van der Waals surface area contributed by atoms with Crippen LogP contribution in [-0.2, 0) is 0 Å². The third-order valence-corrected chi connectivity index (χ3v) is 4.05. The zero-order valence-electron chi connectivity index (χ0n) is 11.5. The van der Waals surface area contributed by atoms with Crippen molar-refractivity contribution in [3.8, 4) is 0 Å². The fraction of sp³-hybridized carbons (Fsp3) is 0.533. The fourth-order valence-corrected chi connectivity index (χ4v) is 2.89. The first-order chi connectivity index (χ1) is 9.08. The Morgan fingerprint density at radius 3 is 2.63 bits per heavy atom. The van der Waals surface area contributed by atoms with Gasteiger partial charge in [-0.1, -0.05) is 19.3 Å². The summed E-state index contributed by atoms with van der Waals surface area (Å²) in [5.74, 6) is 0.234. The number of anilines is 2. The number of primary amides is 1. The van der Waals surface area contributed by atoms with Gasteiger partial charge in [0.25, 0.3) is 5.91 Å². The van der Waals surface area contributed by atoms with E-state index in [9.17, 15) is 4.79 Å². The fourth-order valence-electron chi connectivity index (χ4n) is 2.89. The van der Waals surface area contributed by atoms with E-state index in [1.807, 2.05) is 6.07 Å². The van der Waals surface area contributed by atoms with Crippen LogP contribution in [0.1, 0.15) is 49.4 Å². The molecule has 1 atom stereocenters. The van der Waals surface area contributed by atoms with Gasteiger partial charge in [-0.15, -0.1) is 0 Å². The van der Waals surface area contributed by atoms with Crippen molar-refractivity contribution < 1.29 is 4.79 Å². The Balaban J connectivity index is 2.11. The summed E-state index contributed by atoms with van der Waals surface area (Å²) in [4.78, 5) is 11.5. The molecule has 1 aromatic carbocycles. The van der Waals surface area contributed by atoms with Crippen molar-refractivity contribution in [2.24, 2.45) is 11.7 Å². The summed E-state index contributed by atoms with van der Waals surface area (Å²) in [6.45, 7) is 2.18. The highest BCUT2D eigenvalue weighted by Crippen LogP contribution is 2.29. The average molecular weight is 261 g/mol. The molecule has 2 rings (SSSR count). The van der Waals surface area contributed by atoms with Crippen LogP contribution in [-0.4, -0.2) is 11.9 Å². The summed E-state index contributed by atoms with van der Waals surface area (Å²) in [6.07, 6.45) is 6.48. The molecule has 1 saturated carbocycles. The van der Waals surface area contributed by atoms with E-state index in [0.717, 1.165) is 5.69 Å². The standard InChI is InChI=1S/C15H23N3O/c1-10(11-5-3-2-4-6-11)18-14-8-7-12(16)9-13(14)15(17)19/h7-11,18H,2-6,16H2,1H3,(H2,17,19). The average Bonchev–Trinajstić information content (AvgIpc) is 2.41. The maximum atomic E-state index is 11.5. The highest BCUT2D eigenvalue weighted by Gasteiger charge is 2.21. The van der Waals surface area contributed by atoms with E-state index in [1.54, 1.807) is 12.1 Å². The molecule has 0 spiro atoms. The van der Waals surface area contributed by atoms with E-state index in [4.69, 9.17) is 11.5 Å². The molecule has 0 aromatic heterocycles. The van der Waals surface area contributed by atoms with Gasteiger partial charge in [0.05, 0.1) is 5.56 Å². The molecule has 1 aromatic rings. The number of nitrogens with one attached hydrogen (secondary N) is 1. The maximum Gasteiger partial charge on any atom is 0.250 e. The van der Waals surface area contributed by atoms with Crippen molar-refractivity contribution in [3.63, 3.8) is 0 Å². The lowest BCUT2D eigenvalue weighted by Crippen LogP contribution is -2.29. The predicted octanol–water partition coefficient (Wildman–Crippen LogP) is 2.75. The van der Waals surface area contributed by atoms with Gasteiger partial charge in [-0.25, -0.2) is 0 Å².